The molecule has 0 aromatic heterocycles. The number of imide groups is 1. The average molecular weight is 470 g/mol. The van der Waals surface area contributed by atoms with Crippen molar-refractivity contribution < 1.29 is 19.3 Å². The molecule has 0 spiro atoms. The monoisotopic (exact) mass is 470 g/mol. The van der Waals surface area contributed by atoms with Crippen LogP contribution in [0.3, 0.4) is 0 Å². The van der Waals surface area contributed by atoms with Gasteiger partial charge in [-0.3, -0.25) is 29.4 Å². The molecule has 0 unspecified atom stereocenters. The van der Waals surface area contributed by atoms with Gasteiger partial charge in [0.1, 0.15) is 0 Å². The molecule has 3 aromatic rings. The van der Waals surface area contributed by atoms with E-state index in [0.29, 0.717) is 42.9 Å². The lowest BCUT2D eigenvalue weighted by atomic mass is 10.1. The number of nitrogens with zero attached hydrogens (tertiary/aromatic N) is 4. The Hall–Kier alpha value is -4.53. The van der Waals surface area contributed by atoms with Crippen LogP contribution in [-0.2, 0) is 6.54 Å². The lowest BCUT2D eigenvalue weighted by Gasteiger charge is -2.36. The van der Waals surface area contributed by atoms with Gasteiger partial charge in [0.15, 0.2) is 0 Å². The van der Waals surface area contributed by atoms with Gasteiger partial charge in [0.25, 0.3) is 23.4 Å². The van der Waals surface area contributed by atoms with E-state index in [0.717, 1.165) is 11.3 Å². The number of piperazine rings is 1. The predicted octanol–water partition coefficient (Wildman–Crippen LogP) is 3.35. The number of amides is 3. The molecule has 9 nitrogen and oxygen atoms in total. The van der Waals surface area contributed by atoms with Crippen LogP contribution in [0.15, 0.2) is 72.8 Å². The average Bonchev–Trinajstić information content (AvgIpc) is 3.14. The maximum absolute atomic E-state index is 13.0. The molecule has 3 amide bonds. The molecular weight excluding hydrogens is 448 g/mol. The van der Waals surface area contributed by atoms with Gasteiger partial charge in [-0.05, 0) is 35.9 Å². The van der Waals surface area contributed by atoms with Crippen molar-refractivity contribution in [1.82, 2.24) is 9.80 Å². The minimum Gasteiger partial charge on any atom is -0.368 e. The summed E-state index contributed by atoms with van der Waals surface area (Å²) in [5, 5.41) is 11.0. The van der Waals surface area contributed by atoms with Crippen LogP contribution in [-0.4, -0.2) is 58.6 Å². The molecule has 0 radical (unpaired) electrons. The molecule has 176 valence electrons. The topological polar surface area (TPSA) is 104 Å². The molecule has 1 saturated heterocycles. The Morgan fingerprint density at radius 1 is 0.829 bits per heavy atom. The van der Waals surface area contributed by atoms with Gasteiger partial charge in [-0.25, -0.2) is 0 Å². The summed E-state index contributed by atoms with van der Waals surface area (Å²) < 4.78 is 0. The van der Waals surface area contributed by atoms with Crippen molar-refractivity contribution >= 4 is 29.1 Å². The van der Waals surface area contributed by atoms with Crippen LogP contribution in [0.25, 0.3) is 0 Å². The number of carbonyl (C=O) groups is 3. The molecule has 0 atom stereocenters. The van der Waals surface area contributed by atoms with Crippen molar-refractivity contribution in [3.63, 3.8) is 0 Å². The van der Waals surface area contributed by atoms with Gasteiger partial charge in [0.05, 0.1) is 22.6 Å². The molecule has 2 heterocycles. The Morgan fingerprint density at radius 3 is 2.06 bits per heavy atom. The minimum absolute atomic E-state index is 0.0438. The van der Waals surface area contributed by atoms with E-state index in [4.69, 9.17) is 0 Å². The quantitative estimate of drug-likeness (QED) is 0.322. The first-order valence-corrected chi connectivity index (χ1v) is 11.3. The van der Waals surface area contributed by atoms with Gasteiger partial charge in [0, 0.05) is 49.6 Å². The van der Waals surface area contributed by atoms with E-state index in [9.17, 15) is 24.5 Å². The predicted molar refractivity (Wildman–Crippen MR) is 128 cm³/mol. The maximum atomic E-state index is 13.0. The zero-order valence-electron chi connectivity index (χ0n) is 18.8. The number of carbonyl (C=O) groups excluding carboxylic acids is 3. The number of non-ortho nitro benzene ring substituents is 1. The van der Waals surface area contributed by atoms with Crippen molar-refractivity contribution in [2.45, 2.75) is 6.54 Å². The third-order valence-electron chi connectivity index (χ3n) is 6.39. The fraction of sp³-hybridized carbons (Fsp3) is 0.192. The van der Waals surface area contributed by atoms with Crippen molar-refractivity contribution in [2.75, 3.05) is 31.1 Å². The highest BCUT2D eigenvalue weighted by Gasteiger charge is 2.35. The van der Waals surface area contributed by atoms with Crippen molar-refractivity contribution in [3.8, 4) is 0 Å². The van der Waals surface area contributed by atoms with E-state index in [2.05, 4.69) is 0 Å². The smallest absolute Gasteiger partial charge is 0.271 e. The third kappa shape index (κ3) is 4.23. The van der Waals surface area contributed by atoms with Crippen LogP contribution in [0, 0.1) is 10.1 Å². The highest BCUT2D eigenvalue weighted by Crippen LogP contribution is 2.25. The van der Waals surface area contributed by atoms with Gasteiger partial charge < -0.3 is 9.80 Å². The Balaban J connectivity index is 1.20. The number of benzene rings is 3. The first kappa shape index (κ1) is 22.3. The summed E-state index contributed by atoms with van der Waals surface area (Å²) in [5.41, 5.74) is 2.92. The van der Waals surface area contributed by atoms with Crippen molar-refractivity contribution in [2.24, 2.45) is 0 Å². The van der Waals surface area contributed by atoms with Crippen LogP contribution >= 0.6 is 0 Å². The molecule has 9 heteroatoms. The Labute approximate surface area is 201 Å². The molecule has 3 aromatic carbocycles. The molecular formula is C26H22N4O5. The molecule has 0 N–H and O–H groups in total. The van der Waals surface area contributed by atoms with E-state index < -0.39 is 4.92 Å². The molecule has 0 bridgehead atoms. The summed E-state index contributed by atoms with van der Waals surface area (Å²) in [6, 6.07) is 20.2. The van der Waals surface area contributed by atoms with E-state index >= 15 is 0 Å². The van der Waals surface area contributed by atoms with Gasteiger partial charge in [-0.15, -0.1) is 0 Å². The van der Waals surface area contributed by atoms with Crippen molar-refractivity contribution in [1.29, 1.82) is 0 Å². The minimum atomic E-state index is -0.415. The number of nitro groups is 1. The second-order valence-electron chi connectivity index (χ2n) is 8.50. The Kier molecular flexibility index (Phi) is 5.74. The van der Waals surface area contributed by atoms with Gasteiger partial charge in [-0.2, -0.15) is 0 Å². The fourth-order valence-electron chi connectivity index (χ4n) is 4.47. The Bertz CT molecular complexity index is 1290. The Morgan fingerprint density at radius 2 is 1.46 bits per heavy atom. The summed E-state index contributed by atoms with van der Waals surface area (Å²) in [5.74, 6) is -0.726. The molecule has 35 heavy (non-hydrogen) atoms. The highest BCUT2D eigenvalue weighted by atomic mass is 16.6. The summed E-state index contributed by atoms with van der Waals surface area (Å²) in [4.78, 5) is 53.8. The largest absolute Gasteiger partial charge is 0.368 e. The molecule has 0 saturated carbocycles. The summed E-state index contributed by atoms with van der Waals surface area (Å²) in [7, 11) is 0. The number of hydrogen-bond donors (Lipinski definition) is 0. The second kappa shape index (κ2) is 9.02. The number of anilines is 1. The maximum Gasteiger partial charge on any atom is 0.271 e. The van der Waals surface area contributed by atoms with Crippen LogP contribution in [0.5, 0.6) is 0 Å². The zero-order valence-corrected chi connectivity index (χ0v) is 18.8. The number of nitro benzene ring substituents is 1. The van der Waals surface area contributed by atoms with E-state index in [1.807, 2.05) is 11.0 Å². The van der Waals surface area contributed by atoms with Gasteiger partial charge >= 0.3 is 0 Å². The third-order valence-corrected chi connectivity index (χ3v) is 6.39. The SMILES string of the molecule is O=C(c1ccc(CN2C(=O)c3ccccc3C2=O)cc1)N1CCN(c2cccc([N+](=O)[O-])c2)CC1. The molecule has 2 aliphatic rings. The number of hydrogen-bond acceptors (Lipinski definition) is 6. The highest BCUT2D eigenvalue weighted by molar-refractivity contribution is 6.21. The summed E-state index contributed by atoms with van der Waals surface area (Å²) in [6.07, 6.45) is 0. The fourth-order valence-corrected chi connectivity index (χ4v) is 4.47. The zero-order chi connectivity index (χ0) is 24.5. The lowest BCUT2D eigenvalue weighted by molar-refractivity contribution is -0.384. The van der Waals surface area contributed by atoms with Gasteiger partial charge in [-0.1, -0.05) is 30.3 Å². The summed E-state index contributed by atoms with van der Waals surface area (Å²) >= 11 is 0. The number of rotatable bonds is 5. The molecule has 2 aliphatic heterocycles. The standard InChI is InChI=1S/C26H22N4O5/c31-24(28-14-12-27(13-15-28)20-4-3-5-21(16-20)30(34)35)19-10-8-18(9-11-19)17-29-25(32)22-6-1-2-7-23(22)26(29)33/h1-11,16H,12-15,17H2. The molecule has 5 rings (SSSR count). The lowest BCUT2D eigenvalue weighted by Crippen LogP contribution is -2.48. The molecule has 1 fully saturated rings. The second-order valence-corrected chi connectivity index (χ2v) is 8.50. The van der Waals surface area contributed by atoms with E-state index in [1.165, 1.54) is 11.0 Å². The first-order valence-electron chi connectivity index (χ1n) is 11.3. The van der Waals surface area contributed by atoms with Gasteiger partial charge in [0.2, 0.25) is 0 Å². The van der Waals surface area contributed by atoms with E-state index in [-0.39, 0.29) is 30.0 Å². The molecule has 0 aliphatic carbocycles. The first-order chi connectivity index (χ1) is 16.9. The van der Waals surface area contributed by atoms with Crippen molar-refractivity contribution in [3.05, 3.63) is 105 Å². The van der Waals surface area contributed by atoms with Crippen LogP contribution < -0.4 is 4.90 Å². The van der Waals surface area contributed by atoms with Crippen LogP contribution in [0.2, 0.25) is 0 Å². The van der Waals surface area contributed by atoms with Crippen LogP contribution in [0.1, 0.15) is 36.6 Å². The normalized spacial score (nSPS) is 15.4. The summed E-state index contributed by atoms with van der Waals surface area (Å²) in [6.45, 7) is 2.29. The van der Waals surface area contributed by atoms with E-state index in [1.54, 1.807) is 65.6 Å². The van der Waals surface area contributed by atoms with Crippen LogP contribution in [0.4, 0.5) is 11.4 Å². The number of fused-ring (bicyclic) bond motifs is 1.